The van der Waals surface area contributed by atoms with Gasteiger partial charge in [0.25, 0.3) is 11.8 Å². The van der Waals surface area contributed by atoms with Gasteiger partial charge < -0.3 is 11.1 Å². The van der Waals surface area contributed by atoms with Crippen molar-refractivity contribution in [2.24, 2.45) is 5.73 Å². The van der Waals surface area contributed by atoms with E-state index in [0.29, 0.717) is 5.69 Å². The summed E-state index contributed by atoms with van der Waals surface area (Å²) in [4.78, 5) is 11.9. The Hall–Kier alpha value is -2.06. The summed E-state index contributed by atoms with van der Waals surface area (Å²) in [5.41, 5.74) is 5.51. The smallest absolute Gasteiger partial charge is 0.277 e. The highest BCUT2D eigenvalue weighted by Gasteiger charge is 2.28. The molecule has 0 aliphatic carbocycles. The zero-order chi connectivity index (χ0) is 16.3. The average molecular weight is 349 g/mol. The number of carbonyl (C=O) groups is 1. The topological polar surface area (TPSA) is 72.9 Å². The molecule has 9 heteroatoms. The lowest BCUT2D eigenvalue weighted by atomic mass is 10.2. The van der Waals surface area contributed by atoms with Gasteiger partial charge in [-0.3, -0.25) is 4.79 Å². The quantitative estimate of drug-likeness (QED) is 0.868. The maximum atomic E-state index is 13.7. The number of aromatic nitrogens is 2. The molecule has 1 aromatic carbocycles. The molecule has 0 bridgehead atoms. The Morgan fingerprint density at radius 3 is 2.65 bits per heavy atom. The Morgan fingerprint density at radius 2 is 2.04 bits per heavy atom. The van der Waals surface area contributed by atoms with E-state index in [1.54, 1.807) is 13.0 Å². The number of halogens is 4. The first-order valence-corrected chi connectivity index (χ1v) is 6.51. The van der Waals surface area contributed by atoms with E-state index < -0.39 is 30.7 Å². The second-order valence-electron chi connectivity index (χ2n) is 4.75. The predicted octanol–water partition coefficient (Wildman–Crippen LogP) is 2.07. The van der Waals surface area contributed by atoms with Crippen molar-refractivity contribution in [3.8, 4) is 5.69 Å². The Labute approximate surface area is 137 Å². The van der Waals surface area contributed by atoms with Gasteiger partial charge in [0, 0.05) is 0 Å². The minimum absolute atomic E-state index is 0. The number of rotatable bonds is 5. The van der Waals surface area contributed by atoms with Gasteiger partial charge in [-0.2, -0.15) is 5.10 Å². The number of hydrogen-bond donors (Lipinski definition) is 2. The van der Waals surface area contributed by atoms with Gasteiger partial charge in [0.1, 0.15) is 11.5 Å². The summed E-state index contributed by atoms with van der Waals surface area (Å²) >= 11 is 0. The van der Waals surface area contributed by atoms with Crippen LogP contribution in [0.3, 0.4) is 0 Å². The third-order valence-corrected chi connectivity index (χ3v) is 3.14. The molecule has 1 heterocycles. The molecule has 0 unspecified atom stereocenters. The second-order valence-corrected chi connectivity index (χ2v) is 4.75. The Kier molecular flexibility index (Phi) is 6.17. The minimum atomic E-state index is -3.18. The van der Waals surface area contributed by atoms with Crippen molar-refractivity contribution < 1.29 is 18.0 Å². The van der Waals surface area contributed by atoms with Crippen LogP contribution in [-0.4, -0.2) is 34.7 Å². The summed E-state index contributed by atoms with van der Waals surface area (Å²) in [6.07, 6.45) is 1.21. The normalized spacial score (nSPS) is 11.0. The third-order valence-electron chi connectivity index (χ3n) is 3.14. The first kappa shape index (κ1) is 19.0. The van der Waals surface area contributed by atoms with Crippen molar-refractivity contribution in [2.75, 3.05) is 13.1 Å². The largest absolute Gasteiger partial charge is 0.346 e. The van der Waals surface area contributed by atoms with Crippen LogP contribution in [-0.2, 0) is 0 Å². The fraction of sp³-hybridized carbons (Fsp3) is 0.286. The van der Waals surface area contributed by atoms with Gasteiger partial charge in [0.05, 0.1) is 30.5 Å². The Balaban J connectivity index is 0.00000264. The fourth-order valence-corrected chi connectivity index (χ4v) is 1.88. The van der Waals surface area contributed by atoms with Gasteiger partial charge in [0.15, 0.2) is 0 Å². The molecule has 1 aromatic heterocycles. The maximum Gasteiger partial charge on any atom is 0.277 e. The SMILES string of the molecule is Cc1c(C(=O)NCC(F)(F)CN)cnn1-c1ccccc1F.Cl. The third kappa shape index (κ3) is 4.23. The molecule has 0 atom stereocenters. The van der Waals surface area contributed by atoms with E-state index in [9.17, 15) is 18.0 Å². The summed E-state index contributed by atoms with van der Waals surface area (Å²) in [6, 6.07) is 5.92. The average Bonchev–Trinajstić information content (AvgIpc) is 2.87. The van der Waals surface area contributed by atoms with Crippen molar-refractivity contribution in [3.05, 3.63) is 47.5 Å². The number of alkyl halides is 2. The van der Waals surface area contributed by atoms with Gasteiger partial charge in [-0.15, -0.1) is 12.4 Å². The van der Waals surface area contributed by atoms with Crippen LogP contribution in [0.5, 0.6) is 0 Å². The zero-order valence-electron chi connectivity index (χ0n) is 12.2. The standard InChI is InChI=1S/C14H15F3N4O.ClH/c1-9-10(13(22)19-8-14(16,17)7-18)6-20-21(9)12-5-3-2-4-11(12)15;/h2-6H,7-8,18H2,1H3,(H,19,22);1H. The second kappa shape index (κ2) is 7.47. The molecule has 2 aromatic rings. The van der Waals surface area contributed by atoms with E-state index in [-0.39, 0.29) is 23.7 Å². The van der Waals surface area contributed by atoms with Crippen molar-refractivity contribution in [3.63, 3.8) is 0 Å². The van der Waals surface area contributed by atoms with Gasteiger partial charge in [0.2, 0.25) is 0 Å². The monoisotopic (exact) mass is 348 g/mol. The number of nitrogens with two attached hydrogens (primary N) is 1. The number of nitrogens with one attached hydrogen (secondary N) is 1. The Morgan fingerprint density at radius 1 is 1.39 bits per heavy atom. The molecule has 2 rings (SSSR count). The highest BCUT2D eigenvalue weighted by atomic mass is 35.5. The van der Waals surface area contributed by atoms with Crippen LogP contribution in [0.15, 0.2) is 30.5 Å². The highest BCUT2D eigenvalue weighted by Crippen LogP contribution is 2.17. The van der Waals surface area contributed by atoms with E-state index in [0.717, 1.165) is 0 Å². The zero-order valence-corrected chi connectivity index (χ0v) is 13.0. The maximum absolute atomic E-state index is 13.7. The number of para-hydroxylation sites is 1. The van der Waals surface area contributed by atoms with E-state index in [2.05, 4.69) is 10.4 Å². The number of hydrogen-bond acceptors (Lipinski definition) is 3. The summed E-state index contributed by atoms with van der Waals surface area (Å²) in [5.74, 6) is -4.39. The molecular formula is C14H16ClF3N4O. The minimum Gasteiger partial charge on any atom is -0.346 e. The predicted molar refractivity (Wildman–Crippen MR) is 81.8 cm³/mol. The van der Waals surface area contributed by atoms with Crippen LogP contribution in [0.1, 0.15) is 16.1 Å². The van der Waals surface area contributed by atoms with E-state index in [1.165, 1.54) is 29.1 Å². The molecule has 0 aliphatic rings. The van der Waals surface area contributed by atoms with Gasteiger partial charge >= 0.3 is 0 Å². The first-order valence-electron chi connectivity index (χ1n) is 6.51. The molecular weight excluding hydrogens is 333 g/mol. The molecule has 0 saturated carbocycles. The number of carbonyl (C=O) groups excluding carboxylic acids is 1. The van der Waals surface area contributed by atoms with Gasteiger partial charge in [-0.05, 0) is 19.1 Å². The van der Waals surface area contributed by atoms with Crippen molar-refractivity contribution >= 4 is 18.3 Å². The van der Waals surface area contributed by atoms with Gasteiger partial charge in [-0.25, -0.2) is 17.9 Å². The summed E-state index contributed by atoms with van der Waals surface area (Å²) < 4.78 is 41.1. The van der Waals surface area contributed by atoms with Crippen molar-refractivity contribution in [1.82, 2.24) is 15.1 Å². The lowest BCUT2D eigenvalue weighted by molar-refractivity contribution is 0.0118. The molecule has 0 aliphatic heterocycles. The van der Waals surface area contributed by atoms with Gasteiger partial charge in [-0.1, -0.05) is 12.1 Å². The lowest BCUT2D eigenvalue weighted by Gasteiger charge is -2.14. The van der Waals surface area contributed by atoms with Crippen LogP contribution < -0.4 is 11.1 Å². The van der Waals surface area contributed by atoms with E-state index >= 15 is 0 Å². The summed E-state index contributed by atoms with van der Waals surface area (Å²) in [6.45, 7) is -0.178. The molecule has 5 nitrogen and oxygen atoms in total. The molecule has 126 valence electrons. The van der Waals surface area contributed by atoms with Crippen LogP contribution in [0.2, 0.25) is 0 Å². The molecule has 23 heavy (non-hydrogen) atoms. The van der Waals surface area contributed by atoms with Crippen molar-refractivity contribution in [1.29, 1.82) is 0 Å². The van der Waals surface area contributed by atoms with Crippen LogP contribution in [0, 0.1) is 12.7 Å². The number of nitrogens with zero attached hydrogens (tertiary/aromatic N) is 2. The molecule has 0 saturated heterocycles. The summed E-state index contributed by atoms with van der Waals surface area (Å²) in [5, 5.41) is 6.03. The number of amides is 1. The number of benzene rings is 1. The van der Waals surface area contributed by atoms with E-state index in [4.69, 9.17) is 5.73 Å². The Bertz CT molecular complexity index is 690. The lowest BCUT2D eigenvalue weighted by Crippen LogP contribution is -2.41. The van der Waals surface area contributed by atoms with Crippen molar-refractivity contribution in [2.45, 2.75) is 12.8 Å². The highest BCUT2D eigenvalue weighted by molar-refractivity contribution is 5.95. The van der Waals surface area contributed by atoms with Crippen LogP contribution in [0.4, 0.5) is 13.2 Å². The molecule has 1 amide bonds. The van der Waals surface area contributed by atoms with E-state index in [1.807, 2.05) is 0 Å². The molecule has 0 fully saturated rings. The molecule has 0 spiro atoms. The van der Waals surface area contributed by atoms with Crippen LogP contribution in [0.25, 0.3) is 5.69 Å². The molecule has 0 radical (unpaired) electrons. The first-order chi connectivity index (χ1) is 10.4. The van der Waals surface area contributed by atoms with Crippen LogP contribution >= 0.6 is 12.4 Å². The fourth-order valence-electron chi connectivity index (χ4n) is 1.88. The molecule has 3 N–H and O–H groups in total. The summed E-state index contributed by atoms with van der Waals surface area (Å²) in [7, 11) is 0.